The summed E-state index contributed by atoms with van der Waals surface area (Å²) in [5.74, 6) is 0.721. The van der Waals surface area contributed by atoms with Gasteiger partial charge in [-0.2, -0.15) is 8.42 Å². The first-order valence-electron chi connectivity index (χ1n) is 6.99. The highest BCUT2D eigenvalue weighted by Crippen LogP contribution is 2.30. The number of aryl methyl sites for hydroxylation is 2. The Kier molecular flexibility index (Phi) is 4.31. The number of hydrogen-bond acceptors (Lipinski definition) is 5. The summed E-state index contributed by atoms with van der Waals surface area (Å²) < 4.78 is 37.5. The zero-order valence-electron chi connectivity index (χ0n) is 12.9. The molecule has 2 heterocycles. The van der Waals surface area contributed by atoms with Gasteiger partial charge in [-0.25, -0.2) is 0 Å². The van der Waals surface area contributed by atoms with Crippen molar-refractivity contribution < 1.29 is 13.2 Å². The summed E-state index contributed by atoms with van der Waals surface area (Å²) in [6, 6.07) is 7.14. The van der Waals surface area contributed by atoms with Crippen LogP contribution in [-0.2, 0) is 16.6 Å². The standard InChI is InChI=1S/C15H16N2O3S3/c1-4-17-13-11(20-3)8-7-10(2)14(13)22-15(17)16-23(18,19)12-6-5-9-21-12/h5-9H,4H2,1-3H3. The van der Waals surface area contributed by atoms with Gasteiger partial charge in [0.05, 0.1) is 11.8 Å². The van der Waals surface area contributed by atoms with E-state index in [1.54, 1.807) is 24.6 Å². The number of sulfonamides is 1. The molecule has 0 unspecified atom stereocenters. The van der Waals surface area contributed by atoms with Crippen molar-refractivity contribution in [2.75, 3.05) is 7.11 Å². The summed E-state index contributed by atoms with van der Waals surface area (Å²) in [6.45, 7) is 4.57. The van der Waals surface area contributed by atoms with E-state index in [-0.39, 0.29) is 4.21 Å². The summed E-state index contributed by atoms with van der Waals surface area (Å²) in [5, 5.41) is 1.73. The topological polar surface area (TPSA) is 60.7 Å². The first-order chi connectivity index (χ1) is 11.0. The summed E-state index contributed by atoms with van der Waals surface area (Å²) in [6.07, 6.45) is 0. The number of thiazole rings is 1. The lowest BCUT2D eigenvalue weighted by Gasteiger charge is -2.07. The molecule has 0 spiro atoms. The van der Waals surface area contributed by atoms with E-state index in [1.807, 2.05) is 30.5 Å². The molecule has 0 radical (unpaired) electrons. The molecule has 3 aromatic rings. The molecule has 1 aromatic carbocycles. The summed E-state index contributed by atoms with van der Waals surface area (Å²) in [7, 11) is -2.08. The van der Waals surface area contributed by atoms with Gasteiger partial charge in [-0.05, 0) is 36.9 Å². The van der Waals surface area contributed by atoms with Crippen LogP contribution in [0.5, 0.6) is 5.75 Å². The minimum absolute atomic E-state index is 0.251. The van der Waals surface area contributed by atoms with Gasteiger partial charge in [0.1, 0.15) is 15.5 Å². The number of fused-ring (bicyclic) bond motifs is 1. The molecular weight excluding hydrogens is 352 g/mol. The van der Waals surface area contributed by atoms with Crippen LogP contribution in [0.4, 0.5) is 0 Å². The molecule has 0 N–H and O–H groups in total. The van der Waals surface area contributed by atoms with Gasteiger partial charge in [0.2, 0.25) is 4.80 Å². The number of aromatic nitrogens is 1. The number of benzene rings is 1. The molecule has 0 bridgehead atoms. The maximum Gasteiger partial charge on any atom is 0.294 e. The minimum atomic E-state index is -3.69. The average Bonchev–Trinajstić information content (AvgIpc) is 3.15. The maximum absolute atomic E-state index is 12.5. The fraction of sp³-hybridized carbons (Fsp3) is 0.267. The summed E-state index contributed by atoms with van der Waals surface area (Å²) in [4.78, 5) is 0.462. The third-order valence-electron chi connectivity index (χ3n) is 3.47. The monoisotopic (exact) mass is 368 g/mol. The molecular formula is C15H16N2O3S3. The minimum Gasteiger partial charge on any atom is -0.495 e. The molecule has 2 aromatic heterocycles. The Morgan fingerprint density at radius 3 is 2.70 bits per heavy atom. The molecule has 0 saturated carbocycles. The molecule has 0 aliphatic carbocycles. The van der Waals surface area contributed by atoms with Gasteiger partial charge in [-0.15, -0.1) is 15.7 Å². The lowest BCUT2D eigenvalue weighted by atomic mass is 10.2. The van der Waals surface area contributed by atoms with Crippen molar-refractivity contribution in [2.24, 2.45) is 4.40 Å². The fourth-order valence-electron chi connectivity index (χ4n) is 2.36. The van der Waals surface area contributed by atoms with E-state index in [9.17, 15) is 8.42 Å². The SMILES string of the molecule is CCn1c(=NS(=O)(=O)c2cccs2)sc2c(C)ccc(OC)c21. The van der Waals surface area contributed by atoms with Gasteiger partial charge in [-0.1, -0.05) is 23.5 Å². The van der Waals surface area contributed by atoms with E-state index in [0.29, 0.717) is 11.3 Å². The van der Waals surface area contributed by atoms with Crippen LogP contribution in [0.15, 0.2) is 38.3 Å². The zero-order valence-corrected chi connectivity index (χ0v) is 15.4. The predicted octanol–water partition coefficient (Wildman–Crippen LogP) is 3.39. The van der Waals surface area contributed by atoms with E-state index in [2.05, 4.69) is 4.40 Å². The van der Waals surface area contributed by atoms with Gasteiger partial charge in [0, 0.05) is 6.54 Å². The Balaban J connectivity index is 2.35. The maximum atomic E-state index is 12.5. The van der Waals surface area contributed by atoms with Crippen LogP contribution in [0.1, 0.15) is 12.5 Å². The van der Waals surface area contributed by atoms with E-state index in [0.717, 1.165) is 21.5 Å². The van der Waals surface area contributed by atoms with Crippen LogP contribution < -0.4 is 9.54 Å². The number of ether oxygens (including phenoxy) is 1. The second-order valence-electron chi connectivity index (χ2n) is 4.89. The van der Waals surface area contributed by atoms with Gasteiger partial charge in [0.15, 0.2) is 0 Å². The summed E-state index contributed by atoms with van der Waals surface area (Å²) in [5.41, 5.74) is 1.96. The molecule has 8 heteroatoms. The molecule has 0 amide bonds. The van der Waals surface area contributed by atoms with Crippen molar-refractivity contribution in [1.29, 1.82) is 0 Å². The lowest BCUT2D eigenvalue weighted by molar-refractivity contribution is 0.417. The molecule has 0 fully saturated rings. The molecule has 0 atom stereocenters. The quantitative estimate of drug-likeness (QED) is 0.709. The number of thiophene rings is 1. The molecule has 0 aliphatic heterocycles. The molecule has 122 valence electrons. The van der Waals surface area contributed by atoms with Crippen LogP contribution >= 0.6 is 22.7 Å². The largest absolute Gasteiger partial charge is 0.495 e. The van der Waals surface area contributed by atoms with Gasteiger partial charge < -0.3 is 9.30 Å². The van der Waals surface area contributed by atoms with Crippen molar-refractivity contribution in [2.45, 2.75) is 24.6 Å². The molecule has 23 heavy (non-hydrogen) atoms. The van der Waals surface area contributed by atoms with Crippen molar-refractivity contribution in [3.8, 4) is 5.75 Å². The van der Waals surface area contributed by atoms with E-state index >= 15 is 0 Å². The third kappa shape index (κ3) is 2.82. The number of hydrogen-bond donors (Lipinski definition) is 0. The highest BCUT2D eigenvalue weighted by molar-refractivity contribution is 7.92. The normalized spacial score (nSPS) is 12.9. The van der Waals surface area contributed by atoms with E-state index in [4.69, 9.17) is 4.74 Å². The van der Waals surface area contributed by atoms with Crippen LogP contribution in [0.25, 0.3) is 10.2 Å². The molecule has 3 rings (SSSR count). The van der Waals surface area contributed by atoms with E-state index < -0.39 is 10.0 Å². The first-order valence-corrected chi connectivity index (χ1v) is 10.1. The second-order valence-corrected chi connectivity index (χ2v) is 8.65. The lowest BCUT2D eigenvalue weighted by Crippen LogP contribution is -2.16. The van der Waals surface area contributed by atoms with E-state index in [1.165, 1.54) is 22.7 Å². The van der Waals surface area contributed by atoms with Crippen molar-refractivity contribution >= 4 is 42.9 Å². The van der Waals surface area contributed by atoms with Crippen molar-refractivity contribution in [1.82, 2.24) is 4.57 Å². The van der Waals surface area contributed by atoms with Crippen LogP contribution in [0.2, 0.25) is 0 Å². The molecule has 0 aliphatic rings. The van der Waals surface area contributed by atoms with Crippen molar-refractivity contribution in [3.05, 3.63) is 40.0 Å². The van der Waals surface area contributed by atoms with Crippen LogP contribution in [-0.4, -0.2) is 20.1 Å². The Labute approximate surface area is 142 Å². The Hall–Kier alpha value is -1.64. The number of methoxy groups -OCH3 is 1. The van der Waals surface area contributed by atoms with Gasteiger partial charge >= 0.3 is 0 Å². The first kappa shape index (κ1) is 16.2. The second kappa shape index (κ2) is 6.10. The Morgan fingerprint density at radius 2 is 2.09 bits per heavy atom. The van der Waals surface area contributed by atoms with Crippen LogP contribution in [0.3, 0.4) is 0 Å². The van der Waals surface area contributed by atoms with Crippen LogP contribution in [0, 0.1) is 6.92 Å². The Bertz CT molecular complexity index is 1010. The smallest absolute Gasteiger partial charge is 0.294 e. The number of nitrogens with zero attached hydrogens (tertiary/aromatic N) is 2. The molecule has 0 saturated heterocycles. The average molecular weight is 369 g/mol. The van der Waals surface area contributed by atoms with Gasteiger partial charge in [0.25, 0.3) is 10.0 Å². The Morgan fingerprint density at radius 1 is 1.30 bits per heavy atom. The zero-order chi connectivity index (χ0) is 16.6. The third-order valence-corrected chi connectivity index (χ3v) is 7.44. The fourth-order valence-corrected chi connectivity index (χ4v) is 5.72. The predicted molar refractivity (Wildman–Crippen MR) is 93.8 cm³/mol. The highest BCUT2D eigenvalue weighted by atomic mass is 32.2. The number of rotatable bonds is 4. The summed E-state index contributed by atoms with van der Waals surface area (Å²) >= 11 is 2.54. The molecule has 5 nitrogen and oxygen atoms in total. The highest BCUT2D eigenvalue weighted by Gasteiger charge is 2.17. The van der Waals surface area contributed by atoms with Gasteiger partial charge in [-0.3, -0.25) is 0 Å². The van der Waals surface area contributed by atoms with Crippen molar-refractivity contribution in [3.63, 3.8) is 0 Å².